The second-order valence-corrected chi connectivity index (χ2v) is 9.23. The average molecular weight is 517 g/mol. The van der Waals surface area contributed by atoms with E-state index in [2.05, 4.69) is 5.32 Å². The largest absolute Gasteiger partial charge is 0.416 e. The van der Waals surface area contributed by atoms with E-state index in [0.29, 0.717) is 42.1 Å². The highest BCUT2D eigenvalue weighted by atomic mass is 19.4. The van der Waals surface area contributed by atoms with Crippen LogP contribution in [0.4, 0.5) is 17.6 Å². The molecule has 1 aromatic heterocycles. The average Bonchev–Trinajstić information content (AvgIpc) is 3.27. The number of hydrogen-bond donors (Lipinski definition) is 1. The molecule has 0 radical (unpaired) electrons. The van der Waals surface area contributed by atoms with Crippen molar-refractivity contribution < 1.29 is 31.9 Å². The van der Waals surface area contributed by atoms with Gasteiger partial charge in [-0.3, -0.25) is 9.59 Å². The lowest BCUT2D eigenvalue weighted by Gasteiger charge is -2.21. The molecule has 1 N–H and O–H groups in total. The van der Waals surface area contributed by atoms with Crippen LogP contribution in [0, 0.1) is 5.82 Å². The van der Waals surface area contributed by atoms with Gasteiger partial charge < -0.3 is 14.6 Å². The number of alkyl halides is 3. The molecule has 1 aliphatic heterocycles. The smallest absolute Gasteiger partial charge is 0.373 e. The number of hydrogen-bond acceptors (Lipinski definition) is 3. The van der Waals surface area contributed by atoms with Crippen LogP contribution in [0.3, 0.4) is 0 Å². The fourth-order valence-corrected chi connectivity index (χ4v) is 4.61. The molecule has 0 spiro atoms. The molecule has 0 bridgehead atoms. The van der Waals surface area contributed by atoms with Gasteiger partial charge in [0.2, 0.25) is 0 Å². The maximum Gasteiger partial charge on any atom is 0.416 e. The first kappa shape index (κ1) is 26.6. The van der Waals surface area contributed by atoms with Crippen LogP contribution in [-0.2, 0) is 24.1 Å². The minimum atomic E-state index is -4.44. The number of ether oxygens (including phenoxy) is 1. The van der Waals surface area contributed by atoms with Gasteiger partial charge in [0.25, 0.3) is 5.91 Å². The Hall–Kier alpha value is -3.46. The zero-order valence-corrected chi connectivity index (χ0v) is 20.6. The van der Waals surface area contributed by atoms with Gasteiger partial charge in [0.15, 0.2) is 5.78 Å². The summed E-state index contributed by atoms with van der Waals surface area (Å²) in [6.45, 7) is 4.70. The quantitative estimate of drug-likeness (QED) is 0.277. The maximum absolute atomic E-state index is 13.3. The van der Waals surface area contributed by atoms with E-state index in [-0.39, 0.29) is 30.5 Å². The summed E-state index contributed by atoms with van der Waals surface area (Å²) in [6, 6.07) is 11.8. The van der Waals surface area contributed by atoms with E-state index < -0.39 is 23.7 Å². The number of nitrogens with zero attached hydrogens (tertiary/aromatic N) is 1. The number of rotatable bonds is 8. The molecular weight excluding hydrogens is 488 g/mol. The number of carbonyl (C=O) groups is 2. The molecule has 2 atom stereocenters. The van der Waals surface area contributed by atoms with Crippen molar-refractivity contribution >= 4 is 11.7 Å². The van der Waals surface area contributed by atoms with Crippen LogP contribution in [-0.4, -0.2) is 22.9 Å². The third-order valence-corrected chi connectivity index (χ3v) is 6.72. The Morgan fingerprint density at radius 3 is 2.32 bits per heavy atom. The van der Waals surface area contributed by atoms with Crippen molar-refractivity contribution in [3.8, 4) is 0 Å². The zero-order chi connectivity index (χ0) is 26.7. The summed E-state index contributed by atoms with van der Waals surface area (Å²) in [7, 11) is 0. The molecule has 2 aromatic carbocycles. The molecule has 4 rings (SSSR count). The van der Waals surface area contributed by atoms with Gasteiger partial charge in [-0.25, -0.2) is 4.39 Å². The summed E-state index contributed by atoms with van der Waals surface area (Å²) in [5.74, 6) is -1.07. The molecule has 3 aromatic rings. The normalized spacial score (nSPS) is 15.1. The summed E-state index contributed by atoms with van der Waals surface area (Å²) in [6.07, 6.45) is -3.79. The lowest BCUT2D eigenvalue weighted by molar-refractivity contribution is -0.137. The van der Waals surface area contributed by atoms with Crippen LogP contribution < -0.4 is 5.32 Å². The predicted molar refractivity (Wildman–Crippen MR) is 130 cm³/mol. The number of Topliss-reactive ketones (excluding diaryl/α,β-unsaturated/α-hetero) is 1. The van der Waals surface area contributed by atoms with Gasteiger partial charge in [0.05, 0.1) is 41.8 Å². The maximum atomic E-state index is 13.3. The molecule has 0 saturated heterocycles. The lowest BCUT2D eigenvalue weighted by atomic mass is 9.94. The minimum Gasteiger partial charge on any atom is -0.373 e. The SMILES string of the molecule is CC[C@@H](NC(=O)c1cc(C(=O)C[C@H](C)c2ccc(F)cc2)n2c1COCC2)c1ccc(C(F)(F)F)cc1. The standard InChI is InChI=1S/C28H28F4N2O3/c1-3-23(19-4-8-20(9-5-19)28(30,31)32)33-27(36)22-15-24(34-12-13-37-16-25(22)34)26(35)14-17(2)18-6-10-21(29)11-7-18/h4-11,15,17,23H,3,12-14,16H2,1-2H3,(H,33,36)/t17-,23+/m0/s1. The molecule has 0 saturated carbocycles. The third-order valence-electron chi connectivity index (χ3n) is 6.72. The van der Waals surface area contributed by atoms with Crippen LogP contribution >= 0.6 is 0 Å². The molecule has 2 heterocycles. The molecule has 37 heavy (non-hydrogen) atoms. The van der Waals surface area contributed by atoms with Crippen LogP contribution in [0.5, 0.6) is 0 Å². The molecule has 1 amide bonds. The van der Waals surface area contributed by atoms with Crippen LogP contribution in [0.1, 0.15) is 81.9 Å². The van der Waals surface area contributed by atoms with Gasteiger partial charge in [0.1, 0.15) is 5.82 Å². The number of carbonyl (C=O) groups excluding carboxylic acids is 2. The molecule has 5 nitrogen and oxygen atoms in total. The first-order valence-electron chi connectivity index (χ1n) is 12.1. The van der Waals surface area contributed by atoms with Gasteiger partial charge in [-0.2, -0.15) is 13.2 Å². The molecule has 0 fully saturated rings. The summed E-state index contributed by atoms with van der Waals surface area (Å²) in [5, 5.41) is 2.90. The number of halogens is 4. The first-order chi connectivity index (χ1) is 17.6. The van der Waals surface area contributed by atoms with E-state index >= 15 is 0 Å². The highest BCUT2D eigenvalue weighted by molar-refractivity contribution is 6.01. The number of benzene rings is 2. The van der Waals surface area contributed by atoms with Gasteiger partial charge in [0, 0.05) is 13.0 Å². The molecule has 0 unspecified atom stereocenters. The molecule has 9 heteroatoms. The summed E-state index contributed by atoms with van der Waals surface area (Å²) in [4.78, 5) is 26.5. The van der Waals surface area contributed by atoms with Crippen molar-refractivity contribution in [2.45, 2.75) is 58.0 Å². The fourth-order valence-electron chi connectivity index (χ4n) is 4.61. The lowest BCUT2D eigenvalue weighted by Crippen LogP contribution is -2.29. The summed E-state index contributed by atoms with van der Waals surface area (Å²) < 4.78 is 59.4. The Bertz CT molecular complexity index is 1260. The molecule has 196 valence electrons. The van der Waals surface area contributed by atoms with Gasteiger partial charge >= 0.3 is 6.18 Å². The minimum absolute atomic E-state index is 0.145. The van der Waals surface area contributed by atoms with Crippen molar-refractivity contribution in [2.24, 2.45) is 0 Å². The van der Waals surface area contributed by atoms with Crippen LogP contribution in [0.15, 0.2) is 54.6 Å². The summed E-state index contributed by atoms with van der Waals surface area (Å²) >= 11 is 0. The third kappa shape index (κ3) is 5.93. The van der Waals surface area contributed by atoms with Gasteiger partial charge in [-0.05, 0) is 53.8 Å². The number of ketones is 1. The van der Waals surface area contributed by atoms with E-state index in [1.165, 1.54) is 24.3 Å². The van der Waals surface area contributed by atoms with E-state index in [9.17, 15) is 27.2 Å². The van der Waals surface area contributed by atoms with E-state index in [0.717, 1.165) is 17.7 Å². The van der Waals surface area contributed by atoms with Crippen LogP contribution in [0.25, 0.3) is 0 Å². The van der Waals surface area contributed by atoms with Crippen molar-refractivity contribution in [3.63, 3.8) is 0 Å². The number of fused-ring (bicyclic) bond motifs is 1. The van der Waals surface area contributed by atoms with Crippen molar-refractivity contribution in [2.75, 3.05) is 6.61 Å². The Balaban J connectivity index is 1.54. The molecule has 0 aliphatic carbocycles. The van der Waals surface area contributed by atoms with E-state index in [4.69, 9.17) is 4.74 Å². The first-order valence-corrected chi connectivity index (χ1v) is 12.1. The van der Waals surface area contributed by atoms with Crippen LogP contribution in [0.2, 0.25) is 0 Å². The van der Waals surface area contributed by atoms with E-state index in [1.807, 2.05) is 13.8 Å². The highest BCUT2D eigenvalue weighted by Crippen LogP contribution is 2.31. The second-order valence-electron chi connectivity index (χ2n) is 9.23. The summed E-state index contributed by atoms with van der Waals surface area (Å²) in [5.41, 5.74) is 1.93. The van der Waals surface area contributed by atoms with Gasteiger partial charge in [-0.15, -0.1) is 0 Å². The number of nitrogens with one attached hydrogen (secondary N) is 1. The molecular formula is C28H28F4N2O3. The zero-order valence-electron chi connectivity index (χ0n) is 20.6. The highest BCUT2D eigenvalue weighted by Gasteiger charge is 2.31. The number of aromatic nitrogens is 1. The van der Waals surface area contributed by atoms with Crippen molar-refractivity contribution in [1.29, 1.82) is 0 Å². The predicted octanol–water partition coefficient (Wildman–Crippen LogP) is 6.43. The van der Waals surface area contributed by atoms with Gasteiger partial charge in [-0.1, -0.05) is 38.1 Å². The Kier molecular flexibility index (Phi) is 7.82. The second kappa shape index (κ2) is 10.9. The Labute approximate surface area is 212 Å². The number of amides is 1. The monoisotopic (exact) mass is 516 g/mol. The fraction of sp³-hybridized carbons (Fsp3) is 0.357. The van der Waals surface area contributed by atoms with Crippen molar-refractivity contribution in [3.05, 3.63) is 94.1 Å². The topological polar surface area (TPSA) is 60.3 Å². The van der Waals surface area contributed by atoms with Crippen molar-refractivity contribution in [1.82, 2.24) is 9.88 Å². The van der Waals surface area contributed by atoms with E-state index in [1.54, 1.807) is 22.8 Å². The Morgan fingerprint density at radius 2 is 1.70 bits per heavy atom. The Morgan fingerprint density at radius 1 is 1.05 bits per heavy atom. The molecule has 1 aliphatic rings.